The zero-order valence-electron chi connectivity index (χ0n) is 15.4. The van der Waals surface area contributed by atoms with Gasteiger partial charge in [-0.15, -0.1) is 0 Å². The van der Waals surface area contributed by atoms with Crippen LogP contribution in [0, 0.1) is 11.3 Å². The van der Waals surface area contributed by atoms with Gasteiger partial charge in [-0.1, -0.05) is 17.7 Å². The number of methoxy groups -OCH3 is 1. The number of aromatic nitrogens is 1. The maximum atomic E-state index is 12.5. The molecule has 144 valence electrons. The van der Waals surface area contributed by atoms with E-state index in [1.165, 1.54) is 7.11 Å². The van der Waals surface area contributed by atoms with Crippen molar-refractivity contribution in [2.45, 2.75) is 0 Å². The third-order valence-electron chi connectivity index (χ3n) is 4.37. The molecule has 1 N–H and O–H groups in total. The van der Waals surface area contributed by atoms with E-state index in [-0.39, 0.29) is 5.57 Å². The fourth-order valence-corrected chi connectivity index (χ4v) is 3.08. The smallest absolute Gasteiger partial charge is 0.267 e. The number of nitrogens with one attached hydrogen (secondary N) is 1. The van der Waals surface area contributed by atoms with Gasteiger partial charge >= 0.3 is 0 Å². The molecule has 1 aliphatic rings. The molecule has 2 heterocycles. The van der Waals surface area contributed by atoms with Crippen LogP contribution in [0.5, 0.6) is 5.75 Å². The Labute approximate surface area is 168 Å². The Morgan fingerprint density at radius 1 is 1.29 bits per heavy atom. The Balaban J connectivity index is 1.65. The summed E-state index contributed by atoms with van der Waals surface area (Å²) in [6.45, 7) is 2.90. The van der Waals surface area contributed by atoms with E-state index in [0.29, 0.717) is 29.5 Å². The minimum Gasteiger partial charge on any atom is -0.495 e. The fraction of sp³-hybridized carbons (Fsp3) is 0.250. The summed E-state index contributed by atoms with van der Waals surface area (Å²) in [5, 5.41) is 12.6. The molecule has 1 aliphatic heterocycles. The lowest BCUT2D eigenvalue weighted by molar-refractivity contribution is -0.112. The number of carbonyl (C=O) groups is 1. The summed E-state index contributed by atoms with van der Waals surface area (Å²) in [4.78, 5) is 21.0. The number of amides is 1. The van der Waals surface area contributed by atoms with E-state index in [0.717, 1.165) is 18.9 Å². The summed E-state index contributed by atoms with van der Waals surface area (Å²) in [6, 6.07) is 12.7. The lowest BCUT2D eigenvalue weighted by Crippen LogP contribution is -2.44. The van der Waals surface area contributed by atoms with Crippen LogP contribution in [0.1, 0.15) is 0 Å². The molecule has 1 saturated heterocycles. The Kier molecular flexibility index (Phi) is 6.35. The molecule has 0 aliphatic carbocycles. The van der Waals surface area contributed by atoms with Crippen LogP contribution >= 0.6 is 11.6 Å². The van der Waals surface area contributed by atoms with E-state index in [9.17, 15) is 10.1 Å². The second-order valence-corrected chi connectivity index (χ2v) is 6.60. The van der Waals surface area contributed by atoms with E-state index >= 15 is 0 Å². The molecule has 0 saturated carbocycles. The minimum absolute atomic E-state index is 0.0216. The van der Waals surface area contributed by atoms with Crippen molar-refractivity contribution in [3.8, 4) is 11.8 Å². The van der Waals surface area contributed by atoms with Gasteiger partial charge in [0.05, 0.1) is 12.8 Å². The number of carbonyl (C=O) groups excluding carboxylic acids is 1. The van der Waals surface area contributed by atoms with Crippen molar-refractivity contribution in [3.05, 3.63) is 59.4 Å². The Morgan fingerprint density at radius 3 is 2.71 bits per heavy atom. The van der Waals surface area contributed by atoms with E-state index in [2.05, 4.69) is 15.2 Å². The van der Waals surface area contributed by atoms with Crippen LogP contribution in [0.3, 0.4) is 0 Å². The van der Waals surface area contributed by atoms with Crippen LogP contribution < -0.4 is 15.0 Å². The van der Waals surface area contributed by atoms with Crippen molar-refractivity contribution in [3.63, 3.8) is 0 Å². The van der Waals surface area contributed by atoms with Gasteiger partial charge in [0.1, 0.15) is 23.2 Å². The predicted molar refractivity (Wildman–Crippen MR) is 108 cm³/mol. The lowest BCUT2D eigenvalue weighted by atomic mass is 10.2. The normalized spacial score (nSPS) is 14.4. The molecule has 1 aromatic heterocycles. The van der Waals surface area contributed by atoms with Gasteiger partial charge in [0.15, 0.2) is 0 Å². The molecule has 28 heavy (non-hydrogen) atoms. The first-order valence-corrected chi connectivity index (χ1v) is 9.15. The fourth-order valence-electron chi connectivity index (χ4n) is 2.91. The topological polar surface area (TPSA) is 81.5 Å². The van der Waals surface area contributed by atoms with E-state index < -0.39 is 5.91 Å². The first kappa shape index (κ1) is 19.5. The van der Waals surface area contributed by atoms with Gasteiger partial charge in [-0.3, -0.25) is 4.79 Å². The monoisotopic (exact) mass is 397 g/mol. The van der Waals surface area contributed by atoms with Crippen LogP contribution in [0.25, 0.3) is 0 Å². The number of rotatable bonds is 5. The maximum Gasteiger partial charge on any atom is 0.267 e. The maximum absolute atomic E-state index is 12.5. The van der Waals surface area contributed by atoms with Gasteiger partial charge in [0.25, 0.3) is 5.91 Å². The molecule has 0 atom stereocenters. The SMILES string of the molecule is COc1ccc(Cl)cc1NC(=O)/C(C#N)=C\N1CCN(c2ccccn2)CC1. The second-order valence-electron chi connectivity index (χ2n) is 6.16. The average molecular weight is 398 g/mol. The molecule has 0 unspecified atom stereocenters. The molecule has 1 fully saturated rings. The highest BCUT2D eigenvalue weighted by Gasteiger charge is 2.19. The number of nitriles is 1. The lowest BCUT2D eigenvalue weighted by Gasteiger charge is -2.34. The van der Waals surface area contributed by atoms with Crippen molar-refractivity contribution >= 4 is 29.0 Å². The predicted octanol–water partition coefficient (Wildman–Crippen LogP) is 2.91. The van der Waals surface area contributed by atoms with Crippen molar-refractivity contribution in [2.24, 2.45) is 0 Å². The van der Waals surface area contributed by atoms with Gasteiger partial charge in [-0.2, -0.15) is 5.26 Å². The number of hydrogen-bond acceptors (Lipinski definition) is 6. The zero-order valence-corrected chi connectivity index (χ0v) is 16.2. The highest BCUT2D eigenvalue weighted by Crippen LogP contribution is 2.28. The summed E-state index contributed by atoms with van der Waals surface area (Å²) in [5.41, 5.74) is 0.439. The zero-order chi connectivity index (χ0) is 19.9. The molecular weight excluding hydrogens is 378 g/mol. The number of ether oxygens (including phenoxy) is 1. The van der Waals surface area contributed by atoms with Crippen LogP contribution in [0.4, 0.5) is 11.5 Å². The first-order valence-electron chi connectivity index (χ1n) is 8.77. The Morgan fingerprint density at radius 2 is 2.07 bits per heavy atom. The molecule has 0 spiro atoms. The quantitative estimate of drug-likeness (QED) is 0.617. The van der Waals surface area contributed by atoms with E-state index in [1.54, 1.807) is 30.6 Å². The summed E-state index contributed by atoms with van der Waals surface area (Å²) >= 11 is 5.99. The summed E-state index contributed by atoms with van der Waals surface area (Å²) in [6.07, 6.45) is 3.37. The van der Waals surface area contributed by atoms with Crippen LogP contribution in [-0.2, 0) is 4.79 Å². The summed E-state index contributed by atoms with van der Waals surface area (Å²) in [5.74, 6) is 0.895. The highest BCUT2D eigenvalue weighted by atomic mass is 35.5. The van der Waals surface area contributed by atoms with E-state index in [4.69, 9.17) is 16.3 Å². The first-order chi connectivity index (χ1) is 13.6. The van der Waals surface area contributed by atoms with Crippen molar-refractivity contribution < 1.29 is 9.53 Å². The minimum atomic E-state index is -0.504. The molecule has 2 aromatic rings. The number of hydrogen-bond donors (Lipinski definition) is 1. The largest absolute Gasteiger partial charge is 0.495 e. The van der Waals surface area contributed by atoms with Gasteiger partial charge in [0, 0.05) is 43.6 Å². The third kappa shape index (κ3) is 4.72. The van der Waals surface area contributed by atoms with Crippen LogP contribution in [-0.4, -0.2) is 49.1 Å². The molecular formula is C20H20ClN5O2. The van der Waals surface area contributed by atoms with Crippen LogP contribution in [0.15, 0.2) is 54.4 Å². The number of piperazine rings is 1. The van der Waals surface area contributed by atoms with Crippen molar-refractivity contribution in [1.82, 2.24) is 9.88 Å². The summed E-state index contributed by atoms with van der Waals surface area (Å²) in [7, 11) is 1.50. The van der Waals surface area contributed by atoms with Crippen molar-refractivity contribution in [2.75, 3.05) is 43.5 Å². The summed E-state index contributed by atoms with van der Waals surface area (Å²) < 4.78 is 5.22. The Hall–Kier alpha value is -3.24. The van der Waals surface area contributed by atoms with E-state index in [1.807, 2.05) is 29.2 Å². The van der Waals surface area contributed by atoms with Crippen molar-refractivity contribution in [1.29, 1.82) is 5.26 Å². The third-order valence-corrected chi connectivity index (χ3v) is 4.61. The number of pyridine rings is 1. The number of nitrogens with zero attached hydrogens (tertiary/aromatic N) is 4. The molecule has 7 nitrogen and oxygen atoms in total. The molecule has 0 bridgehead atoms. The average Bonchev–Trinajstić information content (AvgIpc) is 2.73. The van der Waals surface area contributed by atoms with Gasteiger partial charge in [-0.05, 0) is 30.3 Å². The molecule has 1 aromatic carbocycles. The highest BCUT2D eigenvalue weighted by molar-refractivity contribution is 6.31. The van der Waals surface area contributed by atoms with Gasteiger partial charge < -0.3 is 19.9 Å². The molecule has 1 amide bonds. The molecule has 8 heteroatoms. The number of benzene rings is 1. The molecule has 3 rings (SSSR count). The molecule has 0 radical (unpaired) electrons. The van der Waals surface area contributed by atoms with Gasteiger partial charge in [0.2, 0.25) is 0 Å². The number of halogens is 1. The Bertz CT molecular complexity index is 903. The number of anilines is 2. The standard InChI is InChI=1S/C20H20ClN5O2/c1-28-18-6-5-16(21)12-17(18)24-20(27)15(13-22)14-25-8-10-26(11-9-25)19-4-2-3-7-23-19/h2-7,12,14H,8-11H2,1H3,(H,24,27)/b15-14-. The van der Waals surface area contributed by atoms with Crippen LogP contribution in [0.2, 0.25) is 5.02 Å². The van der Waals surface area contributed by atoms with Gasteiger partial charge in [-0.25, -0.2) is 4.98 Å². The second kappa shape index (κ2) is 9.11.